The summed E-state index contributed by atoms with van der Waals surface area (Å²) in [6.45, 7) is 0. The topological polar surface area (TPSA) is 43.4 Å². The number of ether oxygens (including phenoxy) is 1. The molecule has 1 heterocycles. The van der Waals surface area contributed by atoms with E-state index in [4.69, 9.17) is 0 Å². The van der Waals surface area contributed by atoms with Crippen LogP contribution in [0.1, 0.15) is 31.8 Å². The number of carbonyl (C=O) groups excluding carboxylic acids is 2. The summed E-state index contributed by atoms with van der Waals surface area (Å²) in [5.74, 6) is -1.15. The van der Waals surface area contributed by atoms with Crippen LogP contribution in [0.2, 0.25) is 0 Å². The average Bonchev–Trinajstić information content (AvgIpc) is 2.74. The Labute approximate surface area is 110 Å². The monoisotopic (exact) mass is 250 g/mol. The van der Waals surface area contributed by atoms with E-state index < -0.39 is 11.9 Å². The average molecular weight is 250 g/mol. The van der Waals surface area contributed by atoms with E-state index in [9.17, 15) is 9.59 Å². The molecule has 1 aliphatic heterocycles. The van der Waals surface area contributed by atoms with Gasteiger partial charge in [-0.15, -0.1) is 0 Å². The maximum absolute atomic E-state index is 11.6. The van der Waals surface area contributed by atoms with Crippen molar-refractivity contribution in [3.05, 3.63) is 70.8 Å². The lowest BCUT2D eigenvalue weighted by Crippen LogP contribution is -1.98. The molecule has 0 aliphatic carbocycles. The van der Waals surface area contributed by atoms with Crippen molar-refractivity contribution >= 4 is 24.1 Å². The van der Waals surface area contributed by atoms with Gasteiger partial charge in [0.25, 0.3) is 0 Å². The van der Waals surface area contributed by atoms with E-state index in [1.807, 2.05) is 42.5 Å². The highest BCUT2D eigenvalue weighted by Gasteiger charge is 2.31. The summed E-state index contributed by atoms with van der Waals surface area (Å²) in [5, 5.41) is 0. The van der Waals surface area contributed by atoms with Crippen LogP contribution >= 0.6 is 0 Å². The predicted octanol–water partition coefficient (Wildman–Crippen LogP) is 3.17. The zero-order chi connectivity index (χ0) is 13.2. The van der Waals surface area contributed by atoms with Crippen molar-refractivity contribution in [1.29, 1.82) is 0 Å². The number of cyclic esters (lactones) is 2. The SMILES string of the molecule is O=C1OC(=O)c2c(/C=C\c3ccccc3)cccc21. The molecule has 3 heteroatoms. The minimum absolute atomic E-state index is 0.334. The van der Waals surface area contributed by atoms with Crippen molar-refractivity contribution < 1.29 is 14.3 Å². The van der Waals surface area contributed by atoms with Gasteiger partial charge in [-0.25, -0.2) is 9.59 Å². The van der Waals surface area contributed by atoms with Crippen molar-refractivity contribution in [2.45, 2.75) is 0 Å². The first-order valence-corrected chi connectivity index (χ1v) is 5.88. The summed E-state index contributed by atoms with van der Waals surface area (Å²) in [6.07, 6.45) is 3.71. The highest BCUT2D eigenvalue weighted by atomic mass is 16.6. The smallest absolute Gasteiger partial charge is 0.347 e. The molecule has 2 aromatic carbocycles. The lowest BCUT2D eigenvalue weighted by Gasteiger charge is -1.98. The van der Waals surface area contributed by atoms with Crippen LogP contribution in [0.3, 0.4) is 0 Å². The summed E-state index contributed by atoms with van der Waals surface area (Å²) < 4.78 is 4.61. The summed E-state index contributed by atoms with van der Waals surface area (Å²) in [4.78, 5) is 23.1. The lowest BCUT2D eigenvalue weighted by molar-refractivity contribution is 0.0444. The molecule has 0 atom stereocenters. The molecule has 3 rings (SSSR count). The lowest BCUT2D eigenvalue weighted by atomic mass is 10.0. The second kappa shape index (κ2) is 4.53. The molecule has 0 saturated carbocycles. The fraction of sp³-hybridized carbons (Fsp3) is 0. The van der Waals surface area contributed by atoms with Gasteiger partial charge in [-0.05, 0) is 17.2 Å². The number of hydrogen-bond donors (Lipinski definition) is 0. The molecule has 0 spiro atoms. The first kappa shape index (κ1) is 11.4. The number of carbonyl (C=O) groups is 2. The van der Waals surface area contributed by atoms with Crippen LogP contribution in [0.15, 0.2) is 48.5 Å². The van der Waals surface area contributed by atoms with E-state index in [1.165, 1.54) is 0 Å². The van der Waals surface area contributed by atoms with Gasteiger partial charge in [0.15, 0.2) is 0 Å². The Hall–Kier alpha value is -2.68. The normalized spacial score (nSPS) is 13.7. The van der Waals surface area contributed by atoms with Gasteiger partial charge in [-0.2, -0.15) is 0 Å². The molecule has 3 nitrogen and oxygen atoms in total. The fourth-order valence-corrected chi connectivity index (χ4v) is 2.05. The Morgan fingerprint density at radius 3 is 2.37 bits per heavy atom. The molecule has 92 valence electrons. The first-order valence-electron chi connectivity index (χ1n) is 5.88. The summed E-state index contributed by atoms with van der Waals surface area (Å²) >= 11 is 0. The van der Waals surface area contributed by atoms with Crippen molar-refractivity contribution in [3.63, 3.8) is 0 Å². The van der Waals surface area contributed by atoms with Gasteiger partial charge in [-0.3, -0.25) is 0 Å². The van der Waals surface area contributed by atoms with E-state index in [2.05, 4.69) is 4.74 Å². The third-order valence-corrected chi connectivity index (χ3v) is 2.96. The van der Waals surface area contributed by atoms with Crippen LogP contribution in [-0.4, -0.2) is 11.9 Å². The van der Waals surface area contributed by atoms with Crippen LogP contribution < -0.4 is 0 Å². The number of esters is 2. The second-order valence-corrected chi connectivity index (χ2v) is 4.19. The third kappa shape index (κ3) is 2.06. The molecule has 0 fully saturated rings. The van der Waals surface area contributed by atoms with E-state index in [0.29, 0.717) is 16.7 Å². The first-order chi connectivity index (χ1) is 9.25. The molecule has 1 aliphatic rings. The molecule has 0 unspecified atom stereocenters. The molecular weight excluding hydrogens is 240 g/mol. The Kier molecular flexibility index (Phi) is 2.72. The molecule has 2 aromatic rings. The molecule has 0 radical (unpaired) electrons. The molecule has 0 aromatic heterocycles. The number of benzene rings is 2. The van der Waals surface area contributed by atoms with Crippen LogP contribution in [0.4, 0.5) is 0 Å². The highest BCUT2D eigenvalue weighted by molar-refractivity contribution is 6.16. The maximum atomic E-state index is 11.6. The Morgan fingerprint density at radius 1 is 0.789 bits per heavy atom. The zero-order valence-electron chi connectivity index (χ0n) is 10.00. The van der Waals surface area contributed by atoms with Crippen molar-refractivity contribution in [1.82, 2.24) is 0 Å². The van der Waals surface area contributed by atoms with Crippen LogP contribution in [0.25, 0.3) is 12.2 Å². The van der Waals surface area contributed by atoms with Gasteiger partial charge >= 0.3 is 11.9 Å². The fourth-order valence-electron chi connectivity index (χ4n) is 2.05. The molecule has 19 heavy (non-hydrogen) atoms. The number of rotatable bonds is 2. The van der Waals surface area contributed by atoms with Crippen LogP contribution in [-0.2, 0) is 4.74 Å². The van der Waals surface area contributed by atoms with Crippen LogP contribution in [0.5, 0.6) is 0 Å². The van der Waals surface area contributed by atoms with Gasteiger partial charge in [0, 0.05) is 0 Å². The van der Waals surface area contributed by atoms with E-state index in [-0.39, 0.29) is 0 Å². The second-order valence-electron chi connectivity index (χ2n) is 4.19. The van der Waals surface area contributed by atoms with Crippen molar-refractivity contribution in [2.24, 2.45) is 0 Å². The molecule has 0 N–H and O–H groups in total. The van der Waals surface area contributed by atoms with Gasteiger partial charge in [0.05, 0.1) is 11.1 Å². The van der Waals surface area contributed by atoms with E-state index in [0.717, 1.165) is 5.56 Å². The largest absolute Gasteiger partial charge is 0.386 e. The molecule has 0 saturated heterocycles. The maximum Gasteiger partial charge on any atom is 0.347 e. The molecule has 0 bridgehead atoms. The summed E-state index contributed by atoms with van der Waals surface area (Å²) in [7, 11) is 0. The standard InChI is InChI=1S/C16H10O3/c17-15-13-8-4-7-12(14(13)16(18)19-15)10-9-11-5-2-1-3-6-11/h1-10H/b10-9-. The van der Waals surface area contributed by atoms with Gasteiger partial charge < -0.3 is 4.74 Å². The zero-order valence-corrected chi connectivity index (χ0v) is 10.00. The summed E-state index contributed by atoms with van der Waals surface area (Å²) in [5.41, 5.74) is 2.40. The number of fused-ring (bicyclic) bond motifs is 1. The molecule has 0 amide bonds. The molecular formula is C16H10O3. The highest BCUT2D eigenvalue weighted by Crippen LogP contribution is 2.25. The van der Waals surface area contributed by atoms with E-state index in [1.54, 1.807) is 18.2 Å². The van der Waals surface area contributed by atoms with Crippen LogP contribution in [0, 0.1) is 0 Å². The quantitative estimate of drug-likeness (QED) is 0.467. The van der Waals surface area contributed by atoms with Gasteiger partial charge in [0.1, 0.15) is 0 Å². The predicted molar refractivity (Wildman–Crippen MR) is 71.6 cm³/mol. The Bertz CT molecular complexity index is 684. The Balaban J connectivity index is 2.02. The Morgan fingerprint density at radius 2 is 1.58 bits per heavy atom. The minimum Gasteiger partial charge on any atom is -0.386 e. The van der Waals surface area contributed by atoms with Gasteiger partial charge in [-0.1, -0.05) is 54.6 Å². The van der Waals surface area contributed by atoms with E-state index >= 15 is 0 Å². The number of hydrogen-bond acceptors (Lipinski definition) is 3. The summed E-state index contributed by atoms with van der Waals surface area (Å²) in [6, 6.07) is 14.9. The minimum atomic E-state index is -0.576. The third-order valence-electron chi connectivity index (χ3n) is 2.96. The van der Waals surface area contributed by atoms with Crippen molar-refractivity contribution in [2.75, 3.05) is 0 Å². The van der Waals surface area contributed by atoms with Gasteiger partial charge in [0.2, 0.25) is 0 Å². The van der Waals surface area contributed by atoms with Crippen molar-refractivity contribution in [3.8, 4) is 0 Å².